The molecule has 17 atom stereocenters. The lowest BCUT2D eigenvalue weighted by molar-refractivity contribution is -0.317. The first kappa shape index (κ1) is 42.4. The summed E-state index contributed by atoms with van der Waals surface area (Å²) >= 11 is 0. The van der Waals surface area contributed by atoms with Crippen LogP contribution in [0.15, 0.2) is 11.3 Å². The van der Waals surface area contributed by atoms with Gasteiger partial charge < -0.3 is 58.5 Å². The van der Waals surface area contributed by atoms with Crippen LogP contribution in [0.4, 0.5) is 0 Å². The van der Waals surface area contributed by atoms with Gasteiger partial charge in [0, 0.05) is 37.8 Å². The Kier molecular flexibility index (Phi) is 13.4. The first-order valence-electron chi connectivity index (χ1n) is 18.9. The van der Waals surface area contributed by atoms with Crippen molar-refractivity contribution in [3.05, 3.63) is 11.3 Å². The number of ether oxygens (including phenoxy) is 7. The molecular formula is C38H67NO12. The van der Waals surface area contributed by atoms with Crippen molar-refractivity contribution in [1.29, 1.82) is 0 Å². The van der Waals surface area contributed by atoms with Gasteiger partial charge >= 0.3 is 5.97 Å². The zero-order valence-corrected chi connectivity index (χ0v) is 33.1. The van der Waals surface area contributed by atoms with Crippen LogP contribution >= 0.6 is 0 Å². The molecule has 51 heavy (non-hydrogen) atoms. The molecule has 296 valence electrons. The predicted octanol–water partition coefficient (Wildman–Crippen LogP) is 3.28. The highest BCUT2D eigenvalue weighted by molar-refractivity contribution is 5.73. The number of likely N-dealkylation sites (N-methyl/N-ethyl adjacent to an activating group) is 1. The van der Waals surface area contributed by atoms with Crippen LogP contribution in [0.2, 0.25) is 0 Å². The second-order valence-electron chi connectivity index (χ2n) is 16.5. The Morgan fingerprint density at radius 3 is 2.20 bits per heavy atom. The summed E-state index contributed by atoms with van der Waals surface area (Å²) in [5, 5.41) is 46.0. The van der Waals surface area contributed by atoms with Gasteiger partial charge in [0.1, 0.15) is 41.4 Å². The molecular weight excluding hydrogens is 662 g/mol. The van der Waals surface area contributed by atoms with Crippen molar-refractivity contribution >= 4 is 5.97 Å². The van der Waals surface area contributed by atoms with Gasteiger partial charge in [-0.15, -0.1) is 0 Å². The van der Waals surface area contributed by atoms with Crippen LogP contribution in [0.5, 0.6) is 0 Å². The Labute approximate surface area is 304 Å². The number of carbonyl (C=O) groups is 1. The molecule has 0 spiro atoms. The fourth-order valence-electron chi connectivity index (χ4n) is 8.89. The Balaban J connectivity index is 1.84. The highest BCUT2D eigenvalue weighted by Crippen LogP contribution is 2.47. The Hall–Kier alpha value is -1.39. The Morgan fingerprint density at radius 1 is 0.961 bits per heavy atom. The minimum atomic E-state index is -1.82. The van der Waals surface area contributed by atoms with Crippen molar-refractivity contribution < 1.29 is 58.4 Å². The number of nitrogens with zero attached hydrogens (tertiary/aromatic N) is 1. The average molecular weight is 730 g/mol. The van der Waals surface area contributed by atoms with Crippen LogP contribution in [0.3, 0.4) is 0 Å². The number of methoxy groups -OCH3 is 1. The molecule has 4 aliphatic heterocycles. The predicted molar refractivity (Wildman–Crippen MR) is 188 cm³/mol. The fraction of sp³-hybridized carbons (Fsp3) is 0.921. The van der Waals surface area contributed by atoms with E-state index in [0.717, 1.165) is 12.1 Å². The molecule has 13 heteroatoms. The van der Waals surface area contributed by atoms with Gasteiger partial charge in [-0.2, -0.15) is 0 Å². The molecule has 4 rings (SSSR count). The standard InChI is InChI=1S/C38H67NO12/c1-14-26-38(11,44)31(41)21(5)29-19(3)17-37(10,51-29)33(50-35-28(40)25(39(12)15-2)16-20(4)46-35)22(6)30(23(7)34(43)48-26)49-27-18-36(9,45-13)32(42)24(8)47-27/h20-28,30-33,35,40-42,44H,14-18H2,1-13H3/t20?,21-,22-,23+,24?,25?,26+,27?,28?,30-,31+,32?,33+,35?,36?,37+,38+/m0/s1. The van der Waals surface area contributed by atoms with Gasteiger partial charge in [-0.1, -0.05) is 27.7 Å². The normalized spacial score (nSPS) is 48.8. The van der Waals surface area contributed by atoms with E-state index in [0.29, 0.717) is 18.6 Å². The molecule has 0 aromatic rings. The highest BCUT2D eigenvalue weighted by Gasteiger charge is 2.56. The number of hydrogen-bond donors (Lipinski definition) is 4. The van der Waals surface area contributed by atoms with Crippen LogP contribution in [-0.2, 0) is 38.0 Å². The van der Waals surface area contributed by atoms with E-state index in [4.69, 9.17) is 33.2 Å². The monoisotopic (exact) mass is 729 g/mol. The third-order valence-corrected chi connectivity index (χ3v) is 12.4. The third kappa shape index (κ3) is 8.33. The smallest absolute Gasteiger partial charge is 0.311 e. The molecule has 8 unspecified atom stereocenters. The lowest BCUT2D eigenvalue weighted by Crippen LogP contribution is -2.60. The summed E-state index contributed by atoms with van der Waals surface area (Å²) < 4.78 is 44.8. The maximum Gasteiger partial charge on any atom is 0.311 e. The van der Waals surface area contributed by atoms with Gasteiger partial charge in [-0.3, -0.25) is 4.79 Å². The van der Waals surface area contributed by atoms with E-state index < -0.39 is 95.8 Å². The minimum Gasteiger partial charge on any atom is -0.489 e. The van der Waals surface area contributed by atoms with Crippen molar-refractivity contribution in [2.24, 2.45) is 17.8 Å². The van der Waals surface area contributed by atoms with E-state index in [1.54, 1.807) is 34.6 Å². The van der Waals surface area contributed by atoms with Crippen molar-refractivity contribution in [3.8, 4) is 0 Å². The number of hydrogen-bond acceptors (Lipinski definition) is 13. The maximum absolute atomic E-state index is 14.1. The third-order valence-electron chi connectivity index (χ3n) is 12.4. The van der Waals surface area contributed by atoms with Crippen LogP contribution in [-0.4, -0.2) is 136 Å². The molecule has 4 N–H and O–H groups in total. The zero-order chi connectivity index (χ0) is 38.4. The number of carbonyl (C=O) groups excluding carboxylic acids is 1. The summed E-state index contributed by atoms with van der Waals surface area (Å²) in [5.41, 5.74) is -3.00. The number of esters is 1. The van der Waals surface area contributed by atoms with Gasteiger partial charge in [-0.25, -0.2) is 0 Å². The van der Waals surface area contributed by atoms with Crippen molar-refractivity contribution in [2.45, 2.75) is 186 Å². The second-order valence-corrected chi connectivity index (χ2v) is 16.5. The second kappa shape index (κ2) is 16.1. The summed E-state index contributed by atoms with van der Waals surface area (Å²) in [6, 6.07) is -0.221. The van der Waals surface area contributed by atoms with Crippen molar-refractivity contribution in [2.75, 3.05) is 20.7 Å². The molecule has 4 heterocycles. The summed E-state index contributed by atoms with van der Waals surface area (Å²) in [4.78, 5) is 16.2. The Bertz CT molecular complexity index is 1230. The van der Waals surface area contributed by atoms with E-state index in [1.165, 1.54) is 14.0 Å². The maximum atomic E-state index is 14.1. The average Bonchev–Trinajstić information content (AvgIpc) is 3.40. The molecule has 4 aliphatic rings. The van der Waals surface area contributed by atoms with Crippen molar-refractivity contribution in [1.82, 2.24) is 4.90 Å². The first-order valence-corrected chi connectivity index (χ1v) is 18.9. The highest BCUT2D eigenvalue weighted by atomic mass is 16.7. The van der Waals surface area contributed by atoms with E-state index in [1.807, 2.05) is 41.7 Å². The van der Waals surface area contributed by atoms with Gasteiger partial charge in [0.25, 0.3) is 0 Å². The quantitative estimate of drug-likeness (QED) is 0.269. The molecule has 0 radical (unpaired) electrons. The molecule has 3 fully saturated rings. The summed E-state index contributed by atoms with van der Waals surface area (Å²) in [5.74, 6) is -2.31. The number of fused-ring (bicyclic) bond motifs is 2. The van der Waals surface area contributed by atoms with Crippen LogP contribution in [0.1, 0.15) is 102 Å². The molecule has 0 aliphatic carbocycles. The van der Waals surface area contributed by atoms with Gasteiger partial charge in [-0.05, 0) is 80.5 Å². The number of cyclic esters (lactones) is 1. The van der Waals surface area contributed by atoms with E-state index in [2.05, 4.69) is 4.90 Å². The van der Waals surface area contributed by atoms with Crippen LogP contribution in [0, 0.1) is 17.8 Å². The van der Waals surface area contributed by atoms with Crippen molar-refractivity contribution in [3.63, 3.8) is 0 Å². The molecule has 3 saturated heterocycles. The van der Waals surface area contributed by atoms with Gasteiger partial charge in [0.2, 0.25) is 0 Å². The molecule has 0 aromatic heterocycles. The summed E-state index contributed by atoms with van der Waals surface area (Å²) in [7, 11) is 3.49. The molecule has 0 aromatic carbocycles. The fourth-order valence-corrected chi connectivity index (χ4v) is 8.89. The molecule has 13 nitrogen and oxygen atoms in total. The van der Waals surface area contributed by atoms with Crippen LogP contribution in [0.25, 0.3) is 0 Å². The number of aliphatic hydroxyl groups is 4. The van der Waals surface area contributed by atoms with Gasteiger partial charge in [0.05, 0.1) is 35.9 Å². The summed E-state index contributed by atoms with van der Waals surface area (Å²) in [6.07, 6.45) is -7.37. The lowest BCUT2D eigenvalue weighted by atomic mass is 9.78. The summed E-state index contributed by atoms with van der Waals surface area (Å²) in [6.45, 7) is 20.8. The molecule has 0 amide bonds. The molecule has 2 bridgehead atoms. The number of aliphatic hydroxyl groups excluding tert-OH is 3. The topological polar surface area (TPSA) is 166 Å². The largest absolute Gasteiger partial charge is 0.489 e. The van der Waals surface area contributed by atoms with Crippen LogP contribution < -0.4 is 0 Å². The van der Waals surface area contributed by atoms with Gasteiger partial charge in [0.15, 0.2) is 12.6 Å². The van der Waals surface area contributed by atoms with E-state index >= 15 is 0 Å². The first-order chi connectivity index (χ1) is 23.6. The Morgan fingerprint density at radius 2 is 1.61 bits per heavy atom. The lowest BCUT2D eigenvalue weighted by Gasteiger charge is -2.48. The zero-order valence-electron chi connectivity index (χ0n) is 33.1. The number of rotatable bonds is 8. The van der Waals surface area contributed by atoms with E-state index in [-0.39, 0.29) is 25.0 Å². The molecule has 0 saturated carbocycles. The minimum absolute atomic E-state index is 0.174. The van der Waals surface area contributed by atoms with E-state index in [9.17, 15) is 25.2 Å². The SMILES string of the molecule is CC[C@H]1OC(=O)[C@H](C)[C@@H](OC2CC(C)(OC)C(O)C(C)O2)[C@H](C)[C@@H](OC2OC(C)CC(N(C)CC)C2O)[C@@]2(C)CC(C)=C(O2)[C@H](C)[C@@H](O)[C@]1(C)O.